The average molecular weight is 727 g/mol. The Bertz CT molecular complexity index is 3380. The summed E-state index contributed by atoms with van der Waals surface area (Å²) >= 11 is 0. The Morgan fingerprint density at radius 1 is 0.351 bits per heavy atom. The summed E-state index contributed by atoms with van der Waals surface area (Å²) in [5.41, 5.74) is 17.2. The summed E-state index contributed by atoms with van der Waals surface area (Å²) in [6, 6.07) is 67.8. The molecule has 1 aliphatic rings. The average Bonchev–Trinajstić information content (AvgIpc) is 3.79. The first-order valence-corrected chi connectivity index (χ1v) is 19.5. The van der Waals surface area contributed by atoms with E-state index in [1.165, 1.54) is 71.6 Å². The lowest BCUT2D eigenvalue weighted by atomic mass is 9.80. The molecule has 57 heavy (non-hydrogen) atoms. The van der Waals surface area contributed by atoms with Crippen molar-refractivity contribution in [2.24, 2.45) is 0 Å². The summed E-state index contributed by atoms with van der Waals surface area (Å²) in [7, 11) is 0. The van der Waals surface area contributed by atoms with Crippen molar-refractivity contribution in [2.75, 3.05) is 0 Å². The van der Waals surface area contributed by atoms with E-state index in [4.69, 9.17) is 9.97 Å². The van der Waals surface area contributed by atoms with Crippen LogP contribution in [-0.2, 0) is 0 Å². The molecule has 11 aromatic rings. The topological polar surface area (TPSA) is 35.6 Å². The molecule has 0 fully saturated rings. The first kappa shape index (κ1) is 31.8. The van der Waals surface area contributed by atoms with Gasteiger partial charge in [0.25, 0.3) is 0 Å². The maximum Gasteiger partial charge on any atom is 0.237 e. The number of fused-ring (bicyclic) bond motifs is 14. The third-order valence-corrected chi connectivity index (χ3v) is 11.9. The molecule has 266 valence electrons. The molecule has 0 spiro atoms. The zero-order chi connectivity index (χ0) is 37.6. The van der Waals surface area contributed by atoms with Gasteiger partial charge in [-0.1, -0.05) is 152 Å². The van der Waals surface area contributed by atoms with E-state index in [-0.39, 0.29) is 0 Å². The summed E-state index contributed by atoms with van der Waals surface area (Å²) in [6.07, 6.45) is 0. The Balaban J connectivity index is 1.18. The van der Waals surface area contributed by atoms with Gasteiger partial charge in [0.15, 0.2) is 0 Å². The Hall–Kier alpha value is -7.56. The smallest absolute Gasteiger partial charge is 0.237 e. The van der Waals surface area contributed by atoms with Crippen LogP contribution < -0.4 is 0 Å². The normalized spacial score (nSPS) is 11.9. The van der Waals surface area contributed by atoms with E-state index < -0.39 is 0 Å². The molecule has 0 unspecified atom stereocenters. The van der Waals surface area contributed by atoms with Gasteiger partial charge in [-0.25, -0.2) is 4.98 Å². The second kappa shape index (κ2) is 12.2. The highest BCUT2D eigenvalue weighted by Crippen LogP contribution is 2.48. The van der Waals surface area contributed by atoms with Gasteiger partial charge in [0, 0.05) is 33.2 Å². The second-order valence-corrected chi connectivity index (χ2v) is 15.0. The summed E-state index contributed by atoms with van der Waals surface area (Å²) in [6.45, 7) is 2.19. The first-order valence-electron chi connectivity index (χ1n) is 19.5. The van der Waals surface area contributed by atoms with Crippen molar-refractivity contribution in [2.45, 2.75) is 6.92 Å². The molecule has 8 aromatic carbocycles. The molecule has 1 aliphatic carbocycles. The Morgan fingerprint density at radius 2 is 0.807 bits per heavy atom. The molecule has 4 heteroatoms. The monoisotopic (exact) mass is 726 g/mol. The standard InChI is InChI=1S/C53H34N4/c1-33-15-14-28-50-52(33)44-24-10-13-27-49(44)56(50)51-32-46(54-53(55-51)57-47-25-11-8-22-42(47)43-23-9-12-26-48(43)57)34-29-30-41-39-20-5-4-18-37(39)35-16-2-3-17-36(35)38-19-6-7-21-40(38)45(41)31-34/h2-32H,1H3. The third kappa shape index (κ3) is 4.68. The minimum absolute atomic E-state index is 0.630. The number of hydrogen-bond acceptors (Lipinski definition) is 2. The van der Waals surface area contributed by atoms with Gasteiger partial charge in [0.05, 0.1) is 27.8 Å². The zero-order valence-electron chi connectivity index (χ0n) is 31.2. The number of rotatable bonds is 3. The predicted octanol–water partition coefficient (Wildman–Crippen LogP) is 13.6. The van der Waals surface area contributed by atoms with Crippen molar-refractivity contribution in [3.05, 3.63) is 194 Å². The minimum Gasteiger partial charge on any atom is -0.294 e. The van der Waals surface area contributed by atoms with E-state index in [1.807, 2.05) is 0 Å². The summed E-state index contributed by atoms with van der Waals surface area (Å²) in [5.74, 6) is 1.45. The van der Waals surface area contributed by atoms with Crippen LogP contribution in [0, 0.1) is 6.92 Å². The molecule has 0 amide bonds. The van der Waals surface area contributed by atoms with Gasteiger partial charge in [-0.05, 0) is 87.3 Å². The van der Waals surface area contributed by atoms with Crippen LogP contribution in [0.15, 0.2) is 188 Å². The van der Waals surface area contributed by atoms with Gasteiger partial charge in [-0.2, -0.15) is 4.98 Å². The van der Waals surface area contributed by atoms with E-state index in [9.17, 15) is 0 Å². The van der Waals surface area contributed by atoms with Crippen molar-refractivity contribution in [1.82, 2.24) is 19.1 Å². The Kier molecular flexibility index (Phi) is 6.81. The molecule has 0 saturated heterocycles. The van der Waals surface area contributed by atoms with Crippen molar-refractivity contribution in [3.63, 3.8) is 0 Å². The molecule has 4 nitrogen and oxygen atoms in total. The van der Waals surface area contributed by atoms with Crippen molar-refractivity contribution in [3.8, 4) is 67.5 Å². The molecule has 3 heterocycles. The SMILES string of the molecule is Cc1cccc2c1c1ccccc1n2-c1cc(-c2ccc3c(c2)-c2ccccc2-c2ccccc2-c2ccccc2-3)nc(-n2c3ccccc3c3ccccc32)n1. The fraction of sp³-hybridized carbons (Fsp3) is 0.0189. The quantitative estimate of drug-likeness (QED) is 0.182. The molecule has 0 atom stereocenters. The van der Waals surface area contributed by atoms with Crippen LogP contribution in [0.4, 0.5) is 0 Å². The fourth-order valence-corrected chi connectivity index (χ4v) is 9.39. The van der Waals surface area contributed by atoms with Crippen LogP contribution in [0.1, 0.15) is 5.56 Å². The van der Waals surface area contributed by atoms with Crippen LogP contribution in [-0.4, -0.2) is 19.1 Å². The number of para-hydroxylation sites is 3. The summed E-state index contributed by atoms with van der Waals surface area (Å²) < 4.78 is 4.54. The number of nitrogens with zero attached hydrogens (tertiary/aromatic N) is 4. The highest BCUT2D eigenvalue weighted by atomic mass is 15.2. The van der Waals surface area contributed by atoms with Gasteiger partial charge < -0.3 is 0 Å². The number of aryl methyl sites for hydroxylation is 1. The number of benzene rings is 8. The van der Waals surface area contributed by atoms with Gasteiger partial charge in [0.1, 0.15) is 5.82 Å². The van der Waals surface area contributed by atoms with Crippen LogP contribution in [0.25, 0.3) is 111 Å². The molecule has 0 saturated carbocycles. The van der Waals surface area contributed by atoms with E-state index in [2.05, 4.69) is 204 Å². The van der Waals surface area contributed by atoms with Gasteiger partial charge >= 0.3 is 0 Å². The van der Waals surface area contributed by atoms with Crippen molar-refractivity contribution in [1.29, 1.82) is 0 Å². The molecule has 0 N–H and O–H groups in total. The van der Waals surface area contributed by atoms with Crippen LogP contribution in [0.5, 0.6) is 0 Å². The first-order chi connectivity index (χ1) is 28.2. The van der Waals surface area contributed by atoms with E-state index in [0.717, 1.165) is 39.1 Å². The van der Waals surface area contributed by atoms with E-state index >= 15 is 0 Å². The molecular formula is C53H34N4. The maximum atomic E-state index is 5.50. The molecule has 12 rings (SSSR count). The van der Waals surface area contributed by atoms with Gasteiger partial charge in [-0.15, -0.1) is 0 Å². The van der Waals surface area contributed by atoms with Crippen LogP contribution in [0.3, 0.4) is 0 Å². The maximum absolute atomic E-state index is 5.50. The Morgan fingerprint density at radius 3 is 1.39 bits per heavy atom. The Labute approximate surface area is 329 Å². The number of aromatic nitrogens is 4. The largest absolute Gasteiger partial charge is 0.294 e. The number of hydrogen-bond donors (Lipinski definition) is 0. The predicted molar refractivity (Wildman–Crippen MR) is 236 cm³/mol. The van der Waals surface area contributed by atoms with Gasteiger partial charge in [-0.3, -0.25) is 9.13 Å². The highest BCUT2D eigenvalue weighted by molar-refractivity contribution is 6.11. The lowest BCUT2D eigenvalue weighted by Crippen LogP contribution is -2.07. The molecule has 0 aliphatic heterocycles. The fourth-order valence-electron chi connectivity index (χ4n) is 9.39. The van der Waals surface area contributed by atoms with Crippen molar-refractivity contribution < 1.29 is 0 Å². The summed E-state index contributed by atoms with van der Waals surface area (Å²) in [5, 5.41) is 4.80. The molecule has 3 aromatic heterocycles. The third-order valence-electron chi connectivity index (χ3n) is 11.9. The molecular weight excluding hydrogens is 693 g/mol. The van der Waals surface area contributed by atoms with Gasteiger partial charge in [0.2, 0.25) is 5.95 Å². The van der Waals surface area contributed by atoms with E-state index in [0.29, 0.717) is 5.95 Å². The van der Waals surface area contributed by atoms with Crippen molar-refractivity contribution >= 4 is 43.6 Å². The highest BCUT2D eigenvalue weighted by Gasteiger charge is 2.24. The summed E-state index contributed by atoms with van der Waals surface area (Å²) in [4.78, 5) is 11.0. The second-order valence-electron chi connectivity index (χ2n) is 15.0. The lowest BCUT2D eigenvalue weighted by Gasteiger charge is -2.23. The molecule has 0 bridgehead atoms. The van der Waals surface area contributed by atoms with Crippen LogP contribution in [0.2, 0.25) is 0 Å². The zero-order valence-corrected chi connectivity index (χ0v) is 31.2. The minimum atomic E-state index is 0.630. The van der Waals surface area contributed by atoms with E-state index in [1.54, 1.807) is 0 Å². The molecule has 0 radical (unpaired) electrons. The lowest BCUT2D eigenvalue weighted by molar-refractivity contribution is 0.952. The van der Waals surface area contributed by atoms with Crippen LogP contribution >= 0.6 is 0 Å².